The van der Waals surface area contributed by atoms with E-state index in [-0.39, 0.29) is 5.41 Å². The zero-order valence-electron chi connectivity index (χ0n) is 6.39. The zero-order chi connectivity index (χ0) is 7.45. The number of rotatable bonds is 4. The molecule has 56 valence electrons. The van der Waals surface area contributed by atoms with Crippen molar-refractivity contribution >= 4 is 11.8 Å². The lowest BCUT2D eigenvalue weighted by Gasteiger charge is -2.02. The molecule has 2 heteroatoms. The van der Waals surface area contributed by atoms with Gasteiger partial charge in [0.1, 0.15) is 0 Å². The van der Waals surface area contributed by atoms with E-state index in [1.165, 1.54) is 12.2 Å². The van der Waals surface area contributed by atoms with Crippen LogP contribution in [0.3, 0.4) is 0 Å². The average Bonchev–Trinajstić information content (AvgIpc) is 2.70. The Bertz CT molecular complexity index is 144. The van der Waals surface area contributed by atoms with E-state index in [1.807, 2.05) is 11.8 Å². The summed E-state index contributed by atoms with van der Waals surface area (Å²) < 4.78 is 0. The minimum Gasteiger partial charge on any atom is -0.198 e. The third kappa shape index (κ3) is 1.91. The van der Waals surface area contributed by atoms with Gasteiger partial charge in [0.15, 0.2) is 0 Å². The summed E-state index contributed by atoms with van der Waals surface area (Å²) in [6.45, 7) is 0. The fraction of sp³-hybridized carbons (Fsp3) is 0.875. The molecule has 1 fully saturated rings. The maximum Gasteiger partial charge on any atom is 0.0689 e. The van der Waals surface area contributed by atoms with Gasteiger partial charge in [0.2, 0.25) is 0 Å². The number of thioether (sulfide) groups is 1. The molecule has 0 aromatic carbocycles. The van der Waals surface area contributed by atoms with Crippen LogP contribution in [-0.2, 0) is 0 Å². The fourth-order valence-electron chi connectivity index (χ4n) is 1.12. The molecule has 0 heterocycles. The molecule has 1 nitrogen and oxygen atoms in total. The van der Waals surface area contributed by atoms with Crippen molar-refractivity contribution in [2.45, 2.75) is 25.7 Å². The monoisotopic (exact) mass is 155 g/mol. The average molecular weight is 155 g/mol. The summed E-state index contributed by atoms with van der Waals surface area (Å²) in [6.07, 6.45) is 6.76. The van der Waals surface area contributed by atoms with Gasteiger partial charge in [-0.15, -0.1) is 0 Å². The summed E-state index contributed by atoms with van der Waals surface area (Å²) in [5, 5.41) is 8.70. The van der Waals surface area contributed by atoms with Crippen LogP contribution in [0.25, 0.3) is 0 Å². The second kappa shape index (κ2) is 3.30. The van der Waals surface area contributed by atoms with Crippen molar-refractivity contribution in [3.63, 3.8) is 0 Å². The van der Waals surface area contributed by atoms with Crippen molar-refractivity contribution < 1.29 is 0 Å². The van der Waals surface area contributed by atoms with Gasteiger partial charge in [-0.1, -0.05) is 0 Å². The van der Waals surface area contributed by atoms with Crippen molar-refractivity contribution in [1.29, 1.82) is 5.26 Å². The normalized spacial score (nSPS) is 20.0. The summed E-state index contributed by atoms with van der Waals surface area (Å²) in [7, 11) is 0. The number of nitrogens with zero attached hydrogens (tertiary/aromatic N) is 1. The lowest BCUT2D eigenvalue weighted by molar-refractivity contribution is 0.589. The first-order valence-electron chi connectivity index (χ1n) is 3.73. The molecular formula is C8H13NS. The molecule has 1 aliphatic rings. The minimum atomic E-state index is 0.135. The Morgan fingerprint density at radius 3 is 2.70 bits per heavy atom. The van der Waals surface area contributed by atoms with E-state index >= 15 is 0 Å². The highest BCUT2D eigenvalue weighted by Gasteiger charge is 2.41. The maximum atomic E-state index is 8.70. The standard InChI is InChI=1S/C8H13NS/c1-10-6-2-3-8(7-9)4-5-8/h2-6H2,1H3. The topological polar surface area (TPSA) is 23.8 Å². The van der Waals surface area contributed by atoms with Crippen molar-refractivity contribution in [1.82, 2.24) is 0 Å². The molecular weight excluding hydrogens is 142 g/mol. The Labute approximate surface area is 66.8 Å². The molecule has 10 heavy (non-hydrogen) atoms. The molecule has 0 aromatic rings. The van der Waals surface area contributed by atoms with E-state index < -0.39 is 0 Å². The molecule has 0 amide bonds. The molecule has 0 saturated heterocycles. The van der Waals surface area contributed by atoms with E-state index in [9.17, 15) is 0 Å². The van der Waals surface area contributed by atoms with Gasteiger partial charge in [-0.05, 0) is 37.7 Å². The van der Waals surface area contributed by atoms with E-state index in [1.54, 1.807) is 0 Å². The van der Waals surface area contributed by atoms with Gasteiger partial charge < -0.3 is 0 Å². The highest BCUT2D eigenvalue weighted by atomic mass is 32.2. The summed E-state index contributed by atoms with van der Waals surface area (Å²) in [6, 6.07) is 2.40. The summed E-state index contributed by atoms with van der Waals surface area (Å²) in [5.41, 5.74) is 0.135. The van der Waals surface area contributed by atoms with Crippen LogP contribution in [0.5, 0.6) is 0 Å². The van der Waals surface area contributed by atoms with Gasteiger partial charge in [-0.2, -0.15) is 17.0 Å². The smallest absolute Gasteiger partial charge is 0.0689 e. The molecule has 0 aliphatic heterocycles. The lowest BCUT2D eigenvalue weighted by Crippen LogP contribution is -1.95. The molecule has 0 radical (unpaired) electrons. The van der Waals surface area contributed by atoms with Crippen molar-refractivity contribution in [3.8, 4) is 6.07 Å². The third-order valence-electron chi connectivity index (χ3n) is 2.09. The first-order chi connectivity index (χ1) is 4.83. The fourth-order valence-corrected chi connectivity index (χ4v) is 1.56. The van der Waals surface area contributed by atoms with Crippen LogP contribution in [0.2, 0.25) is 0 Å². The third-order valence-corrected chi connectivity index (χ3v) is 2.79. The van der Waals surface area contributed by atoms with Gasteiger partial charge in [-0.25, -0.2) is 0 Å². The van der Waals surface area contributed by atoms with Crippen molar-refractivity contribution in [2.24, 2.45) is 5.41 Å². The van der Waals surface area contributed by atoms with Crippen LogP contribution in [-0.4, -0.2) is 12.0 Å². The van der Waals surface area contributed by atoms with Crippen LogP contribution < -0.4 is 0 Å². The Morgan fingerprint density at radius 2 is 2.30 bits per heavy atom. The second-order valence-electron chi connectivity index (χ2n) is 2.99. The molecule has 0 spiro atoms. The van der Waals surface area contributed by atoms with Crippen LogP contribution in [0.15, 0.2) is 0 Å². The van der Waals surface area contributed by atoms with E-state index in [4.69, 9.17) is 5.26 Å². The molecule has 0 N–H and O–H groups in total. The van der Waals surface area contributed by atoms with Crippen LogP contribution in [0.1, 0.15) is 25.7 Å². The van der Waals surface area contributed by atoms with Crippen molar-refractivity contribution in [2.75, 3.05) is 12.0 Å². The Balaban J connectivity index is 2.09. The maximum absolute atomic E-state index is 8.70. The lowest BCUT2D eigenvalue weighted by atomic mass is 10.0. The molecule has 0 unspecified atom stereocenters. The first kappa shape index (κ1) is 7.94. The molecule has 0 aromatic heterocycles. The molecule has 1 rings (SSSR count). The SMILES string of the molecule is CSCCCC1(C#N)CC1. The summed E-state index contributed by atoms with van der Waals surface area (Å²) in [4.78, 5) is 0. The van der Waals surface area contributed by atoms with Gasteiger partial charge >= 0.3 is 0 Å². The van der Waals surface area contributed by atoms with Gasteiger partial charge in [0.25, 0.3) is 0 Å². The minimum absolute atomic E-state index is 0.135. The van der Waals surface area contributed by atoms with Gasteiger partial charge in [0.05, 0.1) is 11.5 Å². The number of nitriles is 1. The molecule has 1 aliphatic carbocycles. The van der Waals surface area contributed by atoms with E-state index in [2.05, 4.69) is 12.3 Å². The van der Waals surface area contributed by atoms with Crippen LogP contribution in [0.4, 0.5) is 0 Å². The quantitative estimate of drug-likeness (QED) is 0.582. The van der Waals surface area contributed by atoms with Crippen molar-refractivity contribution in [3.05, 3.63) is 0 Å². The summed E-state index contributed by atoms with van der Waals surface area (Å²) in [5.74, 6) is 1.21. The van der Waals surface area contributed by atoms with E-state index in [0.717, 1.165) is 19.3 Å². The van der Waals surface area contributed by atoms with Gasteiger partial charge in [-0.3, -0.25) is 0 Å². The van der Waals surface area contributed by atoms with Crippen LogP contribution >= 0.6 is 11.8 Å². The summed E-state index contributed by atoms with van der Waals surface area (Å²) >= 11 is 1.87. The number of hydrogen-bond acceptors (Lipinski definition) is 2. The molecule has 0 atom stereocenters. The largest absolute Gasteiger partial charge is 0.198 e. The van der Waals surface area contributed by atoms with Gasteiger partial charge in [0, 0.05) is 0 Å². The molecule has 0 bridgehead atoms. The predicted octanol–water partition coefficient (Wildman–Crippen LogP) is 2.43. The Hall–Kier alpha value is -0.160. The predicted molar refractivity (Wildman–Crippen MR) is 44.9 cm³/mol. The van der Waals surface area contributed by atoms with E-state index in [0.29, 0.717) is 0 Å². The van der Waals surface area contributed by atoms with Crippen LogP contribution in [0, 0.1) is 16.7 Å². The Kier molecular flexibility index (Phi) is 2.62. The number of hydrogen-bond donors (Lipinski definition) is 0. The second-order valence-corrected chi connectivity index (χ2v) is 3.97. The highest BCUT2D eigenvalue weighted by molar-refractivity contribution is 7.98. The first-order valence-corrected chi connectivity index (χ1v) is 5.13. The highest BCUT2D eigenvalue weighted by Crippen LogP contribution is 2.48. The molecule has 1 saturated carbocycles. The Morgan fingerprint density at radius 1 is 1.60 bits per heavy atom. The zero-order valence-corrected chi connectivity index (χ0v) is 7.21.